The highest BCUT2D eigenvalue weighted by Gasteiger charge is 2.16. The normalized spacial score (nSPS) is 11.1. The van der Waals surface area contributed by atoms with Crippen molar-refractivity contribution in [2.24, 2.45) is 0 Å². The van der Waals surface area contributed by atoms with E-state index in [1.54, 1.807) is 18.2 Å². The Labute approximate surface area is 100 Å². The summed E-state index contributed by atoms with van der Waals surface area (Å²) in [6.45, 7) is -0.589. The van der Waals surface area contributed by atoms with E-state index >= 15 is 0 Å². The molecule has 1 heterocycles. The number of alkyl halides is 2. The molecule has 0 aliphatic rings. The summed E-state index contributed by atoms with van der Waals surface area (Å²) >= 11 is 5.84. The molecular formula is C9H8ClF2N5. The lowest BCUT2D eigenvalue weighted by Gasteiger charge is -2.07. The molecule has 5 nitrogen and oxygen atoms in total. The van der Waals surface area contributed by atoms with Gasteiger partial charge < -0.3 is 5.73 Å². The maximum atomic E-state index is 12.3. The lowest BCUT2D eigenvalue weighted by atomic mass is 10.1. The summed E-state index contributed by atoms with van der Waals surface area (Å²) in [5.41, 5.74) is 6.44. The molecule has 2 N–H and O–H groups in total. The summed E-state index contributed by atoms with van der Waals surface area (Å²) in [6, 6.07) is 4.87. The summed E-state index contributed by atoms with van der Waals surface area (Å²) in [4.78, 5) is 0. The molecule has 1 aromatic carbocycles. The molecule has 0 radical (unpaired) electrons. The van der Waals surface area contributed by atoms with E-state index in [1.807, 2.05) is 0 Å². The van der Waals surface area contributed by atoms with E-state index in [2.05, 4.69) is 15.5 Å². The van der Waals surface area contributed by atoms with Gasteiger partial charge in [0.1, 0.15) is 6.54 Å². The van der Waals surface area contributed by atoms with Crippen molar-refractivity contribution in [1.82, 2.24) is 20.2 Å². The number of rotatable bonds is 3. The van der Waals surface area contributed by atoms with Crippen LogP contribution in [0.3, 0.4) is 0 Å². The van der Waals surface area contributed by atoms with Gasteiger partial charge in [-0.3, -0.25) is 0 Å². The minimum absolute atomic E-state index is 0.172. The highest BCUT2D eigenvalue weighted by molar-refractivity contribution is 6.33. The Balaban J connectivity index is 2.46. The summed E-state index contributed by atoms with van der Waals surface area (Å²) < 4.78 is 25.6. The Hall–Kier alpha value is -1.76. The number of nitrogens with two attached hydrogens (primary N) is 1. The number of hydrogen-bond donors (Lipinski definition) is 1. The predicted octanol–water partition coefficient (Wildman–Crippen LogP) is 1.84. The Bertz CT molecular complexity index is 528. The third-order valence-corrected chi connectivity index (χ3v) is 2.47. The van der Waals surface area contributed by atoms with Crippen LogP contribution >= 0.6 is 11.6 Å². The van der Waals surface area contributed by atoms with Crippen molar-refractivity contribution in [3.8, 4) is 11.4 Å². The second kappa shape index (κ2) is 4.62. The van der Waals surface area contributed by atoms with E-state index < -0.39 is 13.0 Å². The largest absolute Gasteiger partial charge is 0.397 e. The van der Waals surface area contributed by atoms with Gasteiger partial charge in [0.2, 0.25) is 0 Å². The van der Waals surface area contributed by atoms with Crippen LogP contribution in [-0.4, -0.2) is 26.6 Å². The Morgan fingerprint density at radius 3 is 2.88 bits per heavy atom. The standard InChI is InChI=1S/C9H8ClF2N5/c10-6-3-1-2-5(8(6)13)9-14-15-16-17(9)4-7(11)12/h1-3,7H,4,13H2. The first-order valence-corrected chi connectivity index (χ1v) is 5.06. The SMILES string of the molecule is Nc1c(Cl)cccc1-c1nnnn1CC(F)F. The zero-order valence-electron chi connectivity index (χ0n) is 8.52. The molecule has 0 bridgehead atoms. The van der Waals surface area contributed by atoms with Crippen molar-refractivity contribution in [2.75, 3.05) is 5.73 Å². The predicted molar refractivity (Wildman–Crippen MR) is 58.7 cm³/mol. The zero-order valence-corrected chi connectivity index (χ0v) is 9.27. The Morgan fingerprint density at radius 1 is 1.41 bits per heavy atom. The highest BCUT2D eigenvalue weighted by atomic mass is 35.5. The fourth-order valence-electron chi connectivity index (χ4n) is 1.38. The van der Waals surface area contributed by atoms with Gasteiger partial charge in [0.15, 0.2) is 5.82 Å². The number of tetrazole rings is 1. The van der Waals surface area contributed by atoms with Crippen molar-refractivity contribution in [1.29, 1.82) is 0 Å². The zero-order chi connectivity index (χ0) is 12.4. The molecule has 17 heavy (non-hydrogen) atoms. The number of anilines is 1. The van der Waals surface area contributed by atoms with Gasteiger partial charge in [0.25, 0.3) is 6.43 Å². The van der Waals surface area contributed by atoms with Crippen LogP contribution < -0.4 is 5.73 Å². The fraction of sp³-hybridized carbons (Fsp3) is 0.222. The molecule has 0 spiro atoms. The molecule has 0 atom stereocenters. The minimum Gasteiger partial charge on any atom is -0.397 e. The molecule has 0 aliphatic heterocycles. The first-order valence-electron chi connectivity index (χ1n) is 4.68. The monoisotopic (exact) mass is 259 g/mol. The minimum atomic E-state index is -2.54. The number of hydrogen-bond acceptors (Lipinski definition) is 4. The van der Waals surface area contributed by atoms with E-state index in [4.69, 9.17) is 17.3 Å². The summed E-state index contributed by atoms with van der Waals surface area (Å²) in [6.07, 6.45) is -2.54. The average molecular weight is 260 g/mol. The van der Waals surface area contributed by atoms with Crippen molar-refractivity contribution in [3.63, 3.8) is 0 Å². The molecule has 0 unspecified atom stereocenters. The molecule has 1 aromatic heterocycles. The quantitative estimate of drug-likeness (QED) is 0.854. The first kappa shape index (κ1) is 11.7. The molecule has 0 saturated carbocycles. The van der Waals surface area contributed by atoms with Gasteiger partial charge >= 0.3 is 0 Å². The number of nitrogens with zero attached hydrogens (tertiary/aromatic N) is 4. The van der Waals surface area contributed by atoms with Gasteiger partial charge in [-0.15, -0.1) is 5.10 Å². The highest BCUT2D eigenvalue weighted by Crippen LogP contribution is 2.29. The molecule has 2 rings (SSSR count). The number of aromatic nitrogens is 4. The van der Waals surface area contributed by atoms with Gasteiger partial charge in [-0.25, -0.2) is 13.5 Å². The third-order valence-electron chi connectivity index (χ3n) is 2.14. The molecule has 0 amide bonds. The molecule has 2 aromatic rings. The van der Waals surface area contributed by atoms with Gasteiger partial charge in [0.05, 0.1) is 10.7 Å². The van der Waals surface area contributed by atoms with Gasteiger partial charge in [0, 0.05) is 5.56 Å². The maximum absolute atomic E-state index is 12.3. The van der Waals surface area contributed by atoms with Crippen molar-refractivity contribution in [2.45, 2.75) is 13.0 Å². The van der Waals surface area contributed by atoms with Crippen molar-refractivity contribution in [3.05, 3.63) is 23.2 Å². The molecule has 0 saturated heterocycles. The number of halogens is 3. The van der Waals surface area contributed by atoms with Crippen molar-refractivity contribution >= 4 is 17.3 Å². The Kier molecular flexibility index (Phi) is 3.19. The average Bonchev–Trinajstić information content (AvgIpc) is 2.69. The fourth-order valence-corrected chi connectivity index (χ4v) is 1.56. The summed E-state index contributed by atoms with van der Waals surface area (Å²) in [7, 11) is 0. The summed E-state index contributed by atoms with van der Waals surface area (Å²) in [5.74, 6) is 0.172. The number of benzene rings is 1. The second-order valence-electron chi connectivity index (χ2n) is 3.28. The van der Waals surface area contributed by atoms with Gasteiger partial charge in [-0.05, 0) is 22.6 Å². The second-order valence-corrected chi connectivity index (χ2v) is 3.68. The van der Waals surface area contributed by atoms with Crippen LogP contribution in [0.1, 0.15) is 0 Å². The van der Waals surface area contributed by atoms with Gasteiger partial charge in [-0.1, -0.05) is 17.7 Å². The van der Waals surface area contributed by atoms with Crippen molar-refractivity contribution < 1.29 is 8.78 Å². The van der Waals surface area contributed by atoms with E-state index in [-0.39, 0.29) is 11.5 Å². The smallest absolute Gasteiger partial charge is 0.258 e. The molecular weight excluding hydrogens is 252 g/mol. The molecule has 0 fully saturated rings. The van der Waals surface area contributed by atoms with Crippen LogP contribution in [0.25, 0.3) is 11.4 Å². The van der Waals surface area contributed by atoms with E-state index in [1.165, 1.54) is 0 Å². The lowest BCUT2D eigenvalue weighted by Crippen LogP contribution is -2.10. The maximum Gasteiger partial charge on any atom is 0.258 e. The first-order chi connectivity index (χ1) is 8.09. The van der Waals surface area contributed by atoms with Crippen LogP contribution in [0.4, 0.5) is 14.5 Å². The Morgan fingerprint density at radius 2 is 2.18 bits per heavy atom. The topological polar surface area (TPSA) is 69.6 Å². The number of para-hydroxylation sites is 1. The van der Waals surface area contributed by atoms with Crippen LogP contribution in [0.5, 0.6) is 0 Å². The third kappa shape index (κ3) is 2.33. The van der Waals surface area contributed by atoms with E-state index in [0.717, 1.165) is 4.68 Å². The molecule has 90 valence electrons. The van der Waals surface area contributed by atoms with Crippen LogP contribution in [0.2, 0.25) is 5.02 Å². The molecule has 0 aliphatic carbocycles. The van der Waals surface area contributed by atoms with Crippen LogP contribution in [0.15, 0.2) is 18.2 Å². The van der Waals surface area contributed by atoms with E-state index in [0.29, 0.717) is 10.6 Å². The number of nitrogen functional groups attached to an aromatic ring is 1. The van der Waals surface area contributed by atoms with Crippen LogP contribution in [-0.2, 0) is 6.54 Å². The summed E-state index contributed by atoms with van der Waals surface area (Å²) in [5, 5.41) is 10.8. The lowest BCUT2D eigenvalue weighted by molar-refractivity contribution is 0.121. The molecule has 8 heteroatoms. The van der Waals surface area contributed by atoms with E-state index in [9.17, 15) is 8.78 Å². The van der Waals surface area contributed by atoms with Crippen LogP contribution in [0, 0.1) is 0 Å². The van der Waals surface area contributed by atoms with Gasteiger partial charge in [-0.2, -0.15) is 0 Å².